The van der Waals surface area contributed by atoms with E-state index in [1.54, 1.807) is 12.1 Å². The lowest BCUT2D eigenvalue weighted by atomic mass is 10.2. The number of pyridine rings is 1. The third kappa shape index (κ3) is 5.08. The average Bonchev–Trinajstić information content (AvgIpc) is 2.85. The van der Waals surface area contributed by atoms with Gasteiger partial charge in [0.05, 0.1) is 17.7 Å². The Kier molecular flexibility index (Phi) is 7.19. The van der Waals surface area contributed by atoms with Gasteiger partial charge in [0.1, 0.15) is 17.3 Å². The van der Waals surface area contributed by atoms with E-state index in [1.165, 1.54) is 43.1 Å². The van der Waals surface area contributed by atoms with Crippen LogP contribution in [-0.2, 0) is 0 Å². The molecule has 1 amide bonds. The predicted molar refractivity (Wildman–Crippen MR) is 134 cm³/mol. The fourth-order valence-electron chi connectivity index (χ4n) is 3.91. The highest BCUT2D eigenvalue weighted by molar-refractivity contribution is 6.34. The second kappa shape index (κ2) is 10.3. The highest BCUT2D eigenvalue weighted by Gasteiger charge is 2.23. The molecule has 1 N–H and O–H groups in total. The number of likely N-dealkylation sites (N-methyl/N-ethyl adjacent to an activating group) is 1. The first kappa shape index (κ1) is 23.8. The van der Waals surface area contributed by atoms with Crippen LogP contribution in [0.1, 0.15) is 10.4 Å². The lowest BCUT2D eigenvalue weighted by Gasteiger charge is -2.34. The van der Waals surface area contributed by atoms with Crippen molar-refractivity contribution in [2.45, 2.75) is 0 Å². The van der Waals surface area contributed by atoms with Gasteiger partial charge in [-0.05, 0) is 49.5 Å². The number of carbonyl (C=O) groups excluding carboxylic acids is 1. The highest BCUT2D eigenvalue weighted by Crippen LogP contribution is 2.32. The van der Waals surface area contributed by atoms with Crippen LogP contribution in [0.4, 0.5) is 27.3 Å². The van der Waals surface area contributed by atoms with E-state index >= 15 is 0 Å². The summed E-state index contributed by atoms with van der Waals surface area (Å²) < 4.78 is 19.7. The van der Waals surface area contributed by atoms with E-state index in [-0.39, 0.29) is 22.0 Å². The molecule has 1 aromatic heterocycles. The van der Waals surface area contributed by atoms with Crippen LogP contribution in [0.3, 0.4) is 0 Å². The van der Waals surface area contributed by atoms with E-state index in [0.717, 1.165) is 31.9 Å². The summed E-state index contributed by atoms with van der Waals surface area (Å²) in [5.74, 6) is -0.350. The predicted octanol–water partition coefficient (Wildman–Crippen LogP) is 4.65. The largest absolute Gasteiger partial charge is 0.494 e. The van der Waals surface area contributed by atoms with Gasteiger partial charge in [-0.2, -0.15) is 0 Å². The number of nitrogens with one attached hydrogen (secondary N) is 1. The molecule has 34 heavy (non-hydrogen) atoms. The number of hydrogen-bond acceptors (Lipinski definition) is 6. The first-order chi connectivity index (χ1) is 16.4. The quantitative estimate of drug-likeness (QED) is 0.550. The summed E-state index contributed by atoms with van der Waals surface area (Å²) in [6.07, 6.45) is 1.40. The number of rotatable bonds is 6. The highest BCUT2D eigenvalue weighted by atomic mass is 35.5. The maximum Gasteiger partial charge on any atom is 0.259 e. The number of amides is 1. The van der Waals surface area contributed by atoms with Crippen LogP contribution in [0.2, 0.25) is 5.02 Å². The van der Waals surface area contributed by atoms with Crippen molar-refractivity contribution in [2.24, 2.45) is 0 Å². The van der Waals surface area contributed by atoms with Gasteiger partial charge in [-0.3, -0.25) is 4.79 Å². The van der Waals surface area contributed by atoms with Crippen molar-refractivity contribution in [1.29, 1.82) is 0 Å². The maximum atomic E-state index is 14.5. The molecule has 2 heterocycles. The minimum atomic E-state index is -0.570. The Balaban J connectivity index is 1.52. The van der Waals surface area contributed by atoms with E-state index in [4.69, 9.17) is 16.3 Å². The average molecular weight is 484 g/mol. The van der Waals surface area contributed by atoms with Gasteiger partial charge in [0.15, 0.2) is 5.82 Å². The molecular weight excluding hydrogens is 457 g/mol. The Hall–Kier alpha value is -3.36. The first-order valence-corrected chi connectivity index (χ1v) is 11.3. The topological polar surface area (TPSA) is 60.9 Å². The Morgan fingerprint density at radius 3 is 2.53 bits per heavy atom. The van der Waals surface area contributed by atoms with E-state index in [9.17, 15) is 9.18 Å². The van der Waals surface area contributed by atoms with Crippen molar-refractivity contribution < 1.29 is 13.9 Å². The number of carbonyl (C=O) groups is 1. The van der Waals surface area contributed by atoms with Gasteiger partial charge in [0.25, 0.3) is 5.91 Å². The SMILES string of the molecule is COc1cccc(F)c1N(C)C(=O)c1cc(Nc2ccc(N3CCN(C)CC3)cc2)ncc1Cl. The minimum absolute atomic E-state index is 0.0388. The van der Waals surface area contributed by atoms with E-state index in [2.05, 4.69) is 39.3 Å². The molecule has 178 valence electrons. The summed E-state index contributed by atoms with van der Waals surface area (Å²) >= 11 is 6.28. The van der Waals surface area contributed by atoms with E-state index in [1.807, 2.05) is 12.1 Å². The fraction of sp³-hybridized carbons (Fsp3) is 0.280. The molecule has 0 spiro atoms. The van der Waals surface area contributed by atoms with Crippen LogP contribution in [-0.4, -0.2) is 63.2 Å². The van der Waals surface area contributed by atoms with Gasteiger partial charge in [-0.1, -0.05) is 17.7 Å². The summed E-state index contributed by atoms with van der Waals surface area (Å²) in [7, 11) is 5.03. The summed E-state index contributed by atoms with van der Waals surface area (Å²) in [6.45, 7) is 4.07. The van der Waals surface area contributed by atoms with E-state index < -0.39 is 11.7 Å². The Morgan fingerprint density at radius 1 is 1.15 bits per heavy atom. The molecule has 3 aromatic rings. The fourth-order valence-corrected chi connectivity index (χ4v) is 4.09. The molecule has 1 aliphatic heterocycles. The lowest BCUT2D eigenvalue weighted by molar-refractivity contribution is 0.0991. The zero-order valence-corrected chi connectivity index (χ0v) is 20.1. The second-order valence-corrected chi connectivity index (χ2v) is 8.57. The number of methoxy groups -OCH3 is 1. The Labute approximate surface area is 203 Å². The number of aromatic nitrogens is 1. The molecule has 2 aromatic carbocycles. The zero-order valence-electron chi connectivity index (χ0n) is 19.4. The number of hydrogen-bond donors (Lipinski definition) is 1. The number of para-hydroxylation sites is 1. The molecule has 0 aliphatic carbocycles. The molecule has 0 radical (unpaired) electrons. The number of nitrogens with zero attached hydrogens (tertiary/aromatic N) is 4. The molecule has 1 aliphatic rings. The van der Waals surface area contributed by atoms with Crippen LogP contribution in [0.15, 0.2) is 54.7 Å². The third-order valence-corrected chi connectivity index (χ3v) is 6.20. The van der Waals surface area contributed by atoms with Gasteiger partial charge < -0.3 is 24.8 Å². The monoisotopic (exact) mass is 483 g/mol. The number of anilines is 4. The van der Waals surface area contributed by atoms with Crippen molar-refractivity contribution in [2.75, 3.05) is 62.5 Å². The second-order valence-electron chi connectivity index (χ2n) is 8.17. The van der Waals surface area contributed by atoms with Crippen LogP contribution >= 0.6 is 11.6 Å². The number of halogens is 2. The van der Waals surface area contributed by atoms with Gasteiger partial charge in [0.2, 0.25) is 0 Å². The lowest BCUT2D eigenvalue weighted by Crippen LogP contribution is -2.44. The summed E-state index contributed by atoms with van der Waals surface area (Å²) in [6, 6.07) is 14.0. The van der Waals surface area contributed by atoms with Gasteiger partial charge in [0, 0.05) is 50.8 Å². The molecule has 9 heteroatoms. The van der Waals surface area contributed by atoms with E-state index in [0.29, 0.717) is 5.82 Å². The number of piperazine rings is 1. The molecular formula is C25H27ClFN5O2. The molecule has 0 unspecified atom stereocenters. The molecule has 7 nitrogen and oxygen atoms in total. The number of benzene rings is 2. The molecule has 0 bridgehead atoms. The molecule has 4 rings (SSSR count). The van der Waals surface area contributed by atoms with Crippen LogP contribution < -0.4 is 19.9 Å². The van der Waals surface area contributed by atoms with Crippen molar-refractivity contribution in [3.63, 3.8) is 0 Å². The van der Waals surface area contributed by atoms with Crippen molar-refractivity contribution in [1.82, 2.24) is 9.88 Å². The van der Waals surface area contributed by atoms with Gasteiger partial charge in [-0.25, -0.2) is 9.37 Å². The molecule has 1 fully saturated rings. The van der Waals surface area contributed by atoms with Gasteiger partial charge >= 0.3 is 0 Å². The number of ether oxygens (including phenoxy) is 1. The summed E-state index contributed by atoms with van der Waals surface area (Å²) in [4.78, 5) is 23.3. The van der Waals surface area contributed by atoms with Crippen LogP contribution in [0, 0.1) is 5.82 Å². The Bertz CT molecular complexity index is 1170. The van der Waals surface area contributed by atoms with Crippen molar-refractivity contribution in [3.8, 4) is 5.75 Å². The smallest absolute Gasteiger partial charge is 0.259 e. The summed E-state index contributed by atoms with van der Waals surface area (Å²) in [5, 5.41) is 3.38. The standard InChI is InChI=1S/C25H27ClFN5O2/c1-30-11-13-32(14-12-30)18-9-7-17(8-10-18)29-23-15-19(20(26)16-28-23)25(33)31(2)24-21(27)5-4-6-22(24)34-3/h4-10,15-16H,11-14H2,1-3H3,(H,28,29). The minimum Gasteiger partial charge on any atom is -0.494 e. The zero-order chi connectivity index (χ0) is 24.2. The Morgan fingerprint density at radius 2 is 1.85 bits per heavy atom. The van der Waals surface area contributed by atoms with Crippen LogP contribution in [0.25, 0.3) is 0 Å². The van der Waals surface area contributed by atoms with Crippen molar-refractivity contribution in [3.05, 3.63) is 71.1 Å². The summed E-state index contributed by atoms with van der Waals surface area (Å²) in [5.41, 5.74) is 2.23. The molecule has 0 atom stereocenters. The molecule has 0 saturated carbocycles. The maximum absolute atomic E-state index is 14.5. The normalized spacial score (nSPS) is 14.1. The first-order valence-electron chi connectivity index (χ1n) is 10.9. The molecule has 1 saturated heterocycles. The van der Waals surface area contributed by atoms with Gasteiger partial charge in [-0.15, -0.1) is 0 Å². The third-order valence-electron chi connectivity index (χ3n) is 5.90. The van der Waals surface area contributed by atoms with Crippen LogP contribution in [0.5, 0.6) is 5.75 Å². The van der Waals surface area contributed by atoms with Crippen molar-refractivity contribution >= 4 is 40.4 Å².